The number of hydrogen-bond acceptors (Lipinski definition) is 5. The Morgan fingerprint density at radius 2 is 2.12 bits per heavy atom. The van der Waals surface area contributed by atoms with E-state index in [2.05, 4.69) is 10.3 Å². The van der Waals surface area contributed by atoms with E-state index in [0.717, 1.165) is 10.4 Å². The fourth-order valence-corrected chi connectivity index (χ4v) is 3.13. The molecule has 25 heavy (non-hydrogen) atoms. The second-order valence-electron chi connectivity index (χ2n) is 5.23. The maximum absolute atomic E-state index is 13.2. The molecule has 7 nitrogen and oxygen atoms in total. The van der Waals surface area contributed by atoms with Gasteiger partial charge in [0.1, 0.15) is 18.6 Å². The molecule has 0 aliphatic carbocycles. The summed E-state index contributed by atoms with van der Waals surface area (Å²) >= 11 is 1.47. The van der Waals surface area contributed by atoms with Gasteiger partial charge >= 0.3 is 5.82 Å². The van der Waals surface area contributed by atoms with E-state index in [1.54, 1.807) is 12.1 Å². The molecule has 0 radical (unpaired) electrons. The van der Waals surface area contributed by atoms with Crippen LogP contribution in [-0.4, -0.2) is 20.4 Å². The van der Waals surface area contributed by atoms with Gasteiger partial charge in [-0.1, -0.05) is 18.2 Å². The Labute approximate surface area is 145 Å². The zero-order valence-electron chi connectivity index (χ0n) is 12.8. The lowest BCUT2D eigenvalue weighted by Gasteiger charge is -2.18. The number of nitro groups is 1. The van der Waals surface area contributed by atoms with Gasteiger partial charge in [0.25, 0.3) is 0 Å². The van der Waals surface area contributed by atoms with Crippen molar-refractivity contribution < 1.29 is 14.1 Å². The Bertz CT molecular complexity index is 877. The number of rotatable bonds is 6. The van der Waals surface area contributed by atoms with Gasteiger partial charge in [-0.2, -0.15) is 0 Å². The van der Waals surface area contributed by atoms with Gasteiger partial charge in [-0.15, -0.1) is 11.3 Å². The summed E-state index contributed by atoms with van der Waals surface area (Å²) in [5.74, 6) is -1.01. The van der Waals surface area contributed by atoms with Gasteiger partial charge in [0.05, 0.1) is 6.04 Å². The van der Waals surface area contributed by atoms with Gasteiger partial charge in [0, 0.05) is 4.88 Å². The molecule has 0 aliphatic heterocycles. The van der Waals surface area contributed by atoms with Crippen molar-refractivity contribution in [1.82, 2.24) is 14.9 Å². The number of amides is 1. The molecule has 2 heterocycles. The third kappa shape index (κ3) is 4.07. The first-order valence-electron chi connectivity index (χ1n) is 7.27. The lowest BCUT2D eigenvalue weighted by atomic mass is 10.1. The molecule has 2 aromatic heterocycles. The lowest BCUT2D eigenvalue weighted by molar-refractivity contribution is -0.389. The molecule has 3 aromatic rings. The zero-order chi connectivity index (χ0) is 17.8. The van der Waals surface area contributed by atoms with Crippen molar-refractivity contribution in [1.29, 1.82) is 0 Å². The summed E-state index contributed by atoms with van der Waals surface area (Å²) in [5.41, 5.74) is 0.744. The van der Waals surface area contributed by atoms with Crippen molar-refractivity contribution in [3.63, 3.8) is 0 Å². The summed E-state index contributed by atoms with van der Waals surface area (Å²) in [5, 5.41) is 15.4. The Hall–Kier alpha value is -3.07. The zero-order valence-corrected chi connectivity index (χ0v) is 13.6. The van der Waals surface area contributed by atoms with Crippen LogP contribution in [0.4, 0.5) is 10.2 Å². The molecule has 3 rings (SSSR count). The summed E-state index contributed by atoms with van der Waals surface area (Å²) in [7, 11) is 0. The normalized spacial score (nSPS) is 11.9. The quantitative estimate of drug-likeness (QED) is 0.541. The van der Waals surface area contributed by atoms with Crippen LogP contribution in [0, 0.1) is 15.9 Å². The molecule has 9 heteroatoms. The molecule has 1 atom stereocenters. The van der Waals surface area contributed by atoms with Crippen molar-refractivity contribution in [2.24, 2.45) is 0 Å². The van der Waals surface area contributed by atoms with Crippen LogP contribution >= 0.6 is 11.3 Å². The predicted octanol–water partition coefficient (Wildman–Crippen LogP) is 2.90. The van der Waals surface area contributed by atoms with E-state index in [4.69, 9.17) is 0 Å². The number of benzene rings is 1. The van der Waals surface area contributed by atoms with Crippen molar-refractivity contribution in [2.75, 3.05) is 0 Å². The van der Waals surface area contributed by atoms with E-state index in [-0.39, 0.29) is 24.1 Å². The summed E-state index contributed by atoms with van der Waals surface area (Å²) in [6.07, 6.45) is 2.42. The first-order valence-corrected chi connectivity index (χ1v) is 8.15. The third-order valence-corrected chi connectivity index (χ3v) is 4.41. The van der Waals surface area contributed by atoms with E-state index >= 15 is 0 Å². The Kier molecular flexibility index (Phi) is 4.85. The first kappa shape index (κ1) is 16.8. The molecular formula is C16H13FN4O3S. The number of nitrogens with zero attached hydrogens (tertiary/aromatic N) is 3. The summed E-state index contributed by atoms with van der Waals surface area (Å²) in [6.45, 7) is -0.107. The van der Waals surface area contributed by atoms with E-state index < -0.39 is 11.0 Å². The topological polar surface area (TPSA) is 90.1 Å². The highest BCUT2D eigenvalue weighted by molar-refractivity contribution is 7.10. The minimum absolute atomic E-state index is 0.107. The first-order chi connectivity index (χ1) is 12.0. The average Bonchev–Trinajstić information content (AvgIpc) is 3.25. The van der Waals surface area contributed by atoms with Crippen molar-refractivity contribution >= 4 is 23.1 Å². The predicted molar refractivity (Wildman–Crippen MR) is 89.6 cm³/mol. The van der Waals surface area contributed by atoms with Gasteiger partial charge in [-0.05, 0) is 39.0 Å². The fourth-order valence-electron chi connectivity index (χ4n) is 2.33. The molecule has 1 aromatic carbocycles. The molecule has 0 spiro atoms. The Morgan fingerprint density at radius 1 is 1.36 bits per heavy atom. The fraction of sp³-hybridized carbons (Fsp3) is 0.125. The lowest BCUT2D eigenvalue weighted by Crippen LogP contribution is -2.31. The maximum Gasteiger partial charge on any atom is 0.381 e. The van der Waals surface area contributed by atoms with Gasteiger partial charge in [0.2, 0.25) is 12.2 Å². The van der Waals surface area contributed by atoms with Gasteiger partial charge in [-0.3, -0.25) is 4.79 Å². The number of carbonyl (C=O) groups is 1. The van der Waals surface area contributed by atoms with Crippen molar-refractivity contribution in [3.05, 3.63) is 80.7 Å². The number of carbonyl (C=O) groups excluding carboxylic acids is 1. The number of imidazole rings is 1. The van der Waals surface area contributed by atoms with Crippen LogP contribution in [0.2, 0.25) is 0 Å². The molecule has 0 fully saturated rings. The molecule has 0 bridgehead atoms. The summed E-state index contributed by atoms with van der Waals surface area (Å²) < 4.78 is 14.5. The van der Waals surface area contributed by atoms with E-state index in [0.29, 0.717) is 0 Å². The molecule has 1 amide bonds. The smallest absolute Gasteiger partial charge is 0.358 e. The van der Waals surface area contributed by atoms with Crippen LogP contribution in [0.1, 0.15) is 16.5 Å². The SMILES string of the molecule is O=C(Cn1cnc([N+](=O)[O-])c1)NC(c1ccc(F)cc1)c1cccs1. The number of nitrogens with one attached hydrogen (secondary N) is 1. The molecule has 1 unspecified atom stereocenters. The van der Waals surface area contributed by atoms with E-state index in [1.165, 1.54) is 40.6 Å². The van der Waals surface area contributed by atoms with Crippen LogP contribution in [0.25, 0.3) is 0 Å². The van der Waals surface area contributed by atoms with E-state index in [9.17, 15) is 19.3 Å². The van der Waals surface area contributed by atoms with Crippen molar-refractivity contribution in [2.45, 2.75) is 12.6 Å². The standard InChI is InChI=1S/C16H13FN4O3S/c17-12-5-3-11(4-6-12)16(13-2-1-7-25-13)19-15(22)9-20-8-14(18-10-20)21(23)24/h1-8,10,16H,9H2,(H,19,22). The number of hydrogen-bond donors (Lipinski definition) is 1. The van der Waals surface area contributed by atoms with Crippen LogP contribution in [-0.2, 0) is 11.3 Å². The molecular weight excluding hydrogens is 347 g/mol. The van der Waals surface area contributed by atoms with Crippen molar-refractivity contribution in [3.8, 4) is 0 Å². The van der Waals surface area contributed by atoms with Gasteiger partial charge in [-0.25, -0.2) is 4.39 Å². The minimum Gasteiger partial charge on any atom is -0.358 e. The highest BCUT2D eigenvalue weighted by Crippen LogP contribution is 2.26. The van der Waals surface area contributed by atoms with E-state index in [1.807, 2.05) is 17.5 Å². The molecule has 1 N–H and O–H groups in total. The van der Waals surface area contributed by atoms with Crippen LogP contribution < -0.4 is 5.32 Å². The minimum atomic E-state index is -0.624. The van der Waals surface area contributed by atoms with Crippen LogP contribution in [0.15, 0.2) is 54.3 Å². The monoisotopic (exact) mass is 360 g/mol. The number of halogens is 1. The average molecular weight is 360 g/mol. The number of aromatic nitrogens is 2. The second-order valence-corrected chi connectivity index (χ2v) is 6.21. The molecule has 0 aliphatic rings. The summed E-state index contributed by atoms with van der Waals surface area (Å²) in [6, 6.07) is 9.21. The van der Waals surface area contributed by atoms with Crippen LogP contribution in [0.5, 0.6) is 0 Å². The molecule has 0 saturated carbocycles. The summed E-state index contributed by atoms with van der Waals surface area (Å²) in [4.78, 5) is 26.9. The maximum atomic E-state index is 13.2. The van der Waals surface area contributed by atoms with Gasteiger partial charge < -0.3 is 20.0 Å². The highest BCUT2D eigenvalue weighted by atomic mass is 32.1. The van der Waals surface area contributed by atoms with Crippen LogP contribution in [0.3, 0.4) is 0 Å². The molecule has 0 saturated heterocycles. The largest absolute Gasteiger partial charge is 0.381 e. The second kappa shape index (κ2) is 7.22. The highest BCUT2D eigenvalue weighted by Gasteiger charge is 2.19. The third-order valence-electron chi connectivity index (χ3n) is 3.47. The number of thiophene rings is 1. The van der Waals surface area contributed by atoms with Gasteiger partial charge in [0.15, 0.2) is 0 Å². The molecule has 128 valence electrons. The Balaban J connectivity index is 1.76. The Morgan fingerprint density at radius 3 is 2.72 bits per heavy atom.